The number of rotatable bonds is 6. The lowest BCUT2D eigenvalue weighted by Gasteiger charge is -2.41. The van der Waals surface area contributed by atoms with Gasteiger partial charge in [-0.2, -0.15) is 0 Å². The van der Waals surface area contributed by atoms with Crippen LogP contribution in [0.4, 0.5) is 0 Å². The van der Waals surface area contributed by atoms with Crippen LogP contribution in [0.5, 0.6) is 0 Å². The molecular formula is C27H35N3O2. The number of carbonyl (C=O) groups is 2. The molecule has 170 valence electrons. The minimum atomic E-state index is 0.0614. The number of amides is 2. The van der Waals surface area contributed by atoms with Crippen molar-refractivity contribution in [2.45, 2.75) is 38.6 Å². The van der Waals surface area contributed by atoms with Gasteiger partial charge in [0.05, 0.1) is 6.04 Å². The minimum absolute atomic E-state index is 0.0614. The molecule has 32 heavy (non-hydrogen) atoms. The summed E-state index contributed by atoms with van der Waals surface area (Å²) in [6, 6.07) is 21.5. The molecule has 0 N–H and O–H groups in total. The molecule has 0 saturated carbocycles. The molecule has 0 aromatic heterocycles. The number of nitrogens with zero attached hydrogens (tertiary/aromatic N) is 3. The largest absolute Gasteiger partial charge is 0.343 e. The van der Waals surface area contributed by atoms with Crippen molar-refractivity contribution in [1.82, 2.24) is 14.7 Å². The highest BCUT2D eigenvalue weighted by Gasteiger charge is 2.33. The summed E-state index contributed by atoms with van der Waals surface area (Å²) in [6.45, 7) is 6.75. The molecule has 4 rings (SSSR count). The maximum absolute atomic E-state index is 13.2. The predicted octanol–water partition coefficient (Wildman–Crippen LogP) is 3.96. The maximum Gasteiger partial charge on any atom is 0.225 e. The Bertz CT molecular complexity index is 831. The Labute approximate surface area is 192 Å². The van der Waals surface area contributed by atoms with E-state index in [1.165, 1.54) is 11.1 Å². The van der Waals surface area contributed by atoms with Gasteiger partial charge in [-0.3, -0.25) is 14.5 Å². The Morgan fingerprint density at radius 1 is 0.781 bits per heavy atom. The fourth-order valence-corrected chi connectivity index (χ4v) is 5.09. The van der Waals surface area contributed by atoms with Gasteiger partial charge in [0.2, 0.25) is 11.8 Å². The summed E-state index contributed by atoms with van der Waals surface area (Å²) in [4.78, 5) is 31.8. The van der Waals surface area contributed by atoms with E-state index in [9.17, 15) is 9.59 Å². The van der Waals surface area contributed by atoms with E-state index in [4.69, 9.17) is 0 Å². The molecule has 0 aliphatic carbocycles. The highest BCUT2D eigenvalue weighted by atomic mass is 16.2. The first-order valence-electron chi connectivity index (χ1n) is 12.1. The van der Waals surface area contributed by atoms with Gasteiger partial charge in [-0.25, -0.2) is 0 Å². The third-order valence-corrected chi connectivity index (χ3v) is 6.88. The van der Waals surface area contributed by atoms with Crippen LogP contribution < -0.4 is 0 Å². The Kier molecular flexibility index (Phi) is 7.59. The second kappa shape index (κ2) is 10.8. The van der Waals surface area contributed by atoms with Gasteiger partial charge in [0.15, 0.2) is 0 Å². The number of piperazine rings is 1. The molecule has 2 heterocycles. The van der Waals surface area contributed by atoms with Crippen molar-refractivity contribution in [1.29, 1.82) is 0 Å². The summed E-state index contributed by atoms with van der Waals surface area (Å²) in [5.74, 6) is 0.578. The van der Waals surface area contributed by atoms with Crippen molar-refractivity contribution in [3.8, 4) is 0 Å². The molecule has 2 aromatic carbocycles. The Morgan fingerprint density at radius 2 is 1.31 bits per heavy atom. The molecule has 5 nitrogen and oxygen atoms in total. The monoisotopic (exact) mass is 433 g/mol. The van der Waals surface area contributed by atoms with Gasteiger partial charge in [0.25, 0.3) is 0 Å². The zero-order chi connectivity index (χ0) is 22.3. The Balaban J connectivity index is 1.36. The number of piperidine rings is 1. The van der Waals surface area contributed by atoms with Crippen molar-refractivity contribution in [2.75, 3.05) is 39.3 Å². The van der Waals surface area contributed by atoms with Crippen LogP contribution in [0.1, 0.15) is 49.8 Å². The van der Waals surface area contributed by atoms with E-state index < -0.39 is 0 Å². The van der Waals surface area contributed by atoms with Crippen molar-refractivity contribution in [3.05, 3.63) is 71.8 Å². The van der Waals surface area contributed by atoms with Crippen LogP contribution in [0.15, 0.2) is 60.7 Å². The number of hydrogen-bond acceptors (Lipinski definition) is 3. The van der Waals surface area contributed by atoms with E-state index in [2.05, 4.69) is 70.5 Å². The fraction of sp³-hybridized carbons (Fsp3) is 0.481. The van der Waals surface area contributed by atoms with Crippen LogP contribution in [0.3, 0.4) is 0 Å². The zero-order valence-electron chi connectivity index (χ0n) is 19.2. The summed E-state index contributed by atoms with van der Waals surface area (Å²) in [6.07, 6.45) is 3.09. The van der Waals surface area contributed by atoms with Gasteiger partial charge >= 0.3 is 0 Å². The maximum atomic E-state index is 13.2. The lowest BCUT2D eigenvalue weighted by atomic mass is 9.94. The molecule has 0 bridgehead atoms. The van der Waals surface area contributed by atoms with Crippen molar-refractivity contribution < 1.29 is 9.59 Å². The summed E-state index contributed by atoms with van der Waals surface area (Å²) in [5.41, 5.74) is 2.59. The summed E-state index contributed by atoms with van der Waals surface area (Å²) >= 11 is 0. The first-order chi connectivity index (χ1) is 15.7. The van der Waals surface area contributed by atoms with Gasteiger partial charge in [-0.05, 0) is 30.4 Å². The normalized spacial score (nSPS) is 18.2. The summed E-state index contributed by atoms with van der Waals surface area (Å²) < 4.78 is 0. The Hall–Kier alpha value is -2.66. The van der Waals surface area contributed by atoms with Gasteiger partial charge < -0.3 is 9.80 Å². The standard InChI is InChI=1S/C27H35N3O2/c1-2-9-25(31)28-16-14-24(15-17-28)27(32)30-20-18-29(19-21-30)26(22-10-5-3-6-11-22)23-12-7-4-8-13-23/h3-8,10-13,24,26H,2,9,14-21H2,1H3. The number of hydrogen-bond donors (Lipinski definition) is 0. The van der Waals surface area contributed by atoms with E-state index >= 15 is 0 Å². The fourth-order valence-electron chi connectivity index (χ4n) is 5.09. The highest BCUT2D eigenvalue weighted by Crippen LogP contribution is 2.30. The number of benzene rings is 2. The van der Waals surface area contributed by atoms with Crippen LogP contribution >= 0.6 is 0 Å². The molecule has 2 saturated heterocycles. The van der Waals surface area contributed by atoms with E-state index in [0.29, 0.717) is 6.42 Å². The first-order valence-corrected chi connectivity index (χ1v) is 12.1. The molecule has 2 aliphatic rings. The van der Waals surface area contributed by atoms with E-state index in [1.54, 1.807) is 0 Å². The van der Waals surface area contributed by atoms with Gasteiger partial charge in [0.1, 0.15) is 0 Å². The van der Waals surface area contributed by atoms with Crippen LogP contribution in [0.25, 0.3) is 0 Å². The summed E-state index contributed by atoms with van der Waals surface area (Å²) in [5, 5.41) is 0. The lowest BCUT2D eigenvalue weighted by Crippen LogP contribution is -2.52. The van der Waals surface area contributed by atoms with Crippen LogP contribution in [0.2, 0.25) is 0 Å². The molecule has 2 aliphatic heterocycles. The van der Waals surface area contributed by atoms with Gasteiger partial charge in [-0.15, -0.1) is 0 Å². The predicted molar refractivity (Wildman–Crippen MR) is 127 cm³/mol. The average molecular weight is 434 g/mol. The summed E-state index contributed by atoms with van der Waals surface area (Å²) in [7, 11) is 0. The van der Waals surface area contributed by atoms with Gasteiger partial charge in [-0.1, -0.05) is 67.6 Å². The van der Waals surface area contributed by atoms with E-state index in [1.807, 2.05) is 11.8 Å². The lowest BCUT2D eigenvalue weighted by molar-refractivity contribution is -0.142. The molecule has 2 aromatic rings. The second-order valence-electron chi connectivity index (χ2n) is 8.99. The average Bonchev–Trinajstić information content (AvgIpc) is 2.86. The van der Waals surface area contributed by atoms with Crippen molar-refractivity contribution >= 4 is 11.8 Å². The topological polar surface area (TPSA) is 43.9 Å². The zero-order valence-corrected chi connectivity index (χ0v) is 19.2. The van der Waals surface area contributed by atoms with Crippen LogP contribution in [0, 0.1) is 5.92 Å². The highest BCUT2D eigenvalue weighted by molar-refractivity contribution is 5.80. The van der Waals surface area contributed by atoms with E-state index in [0.717, 1.165) is 58.5 Å². The second-order valence-corrected chi connectivity index (χ2v) is 8.99. The minimum Gasteiger partial charge on any atom is -0.343 e. The van der Waals surface area contributed by atoms with Crippen molar-refractivity contribution in [3.63, 3.8) is 0 Å². The third kappa shape index (κ3) is 5.21. The quantitative estimate of drug-likeness (QED) is 0.693. The number of carbonyl (C=O) groups excluding carboxylic acids is 2. The third-order valence-electron chi connectivity index (χ3n) is 6.88. The molecule has 2 fully saturated rings. The van der Waals surface area contributed by atoms with Gasteiger partial charge in [0, 0.05) is 51.6 Å². The molecule has 0 atom stereocenters. The first kappa shape index (κ1) is 22.5. The van der Waals surface area contributed by atoms with E-state index in [-0.39, 0.29) is 23.8 Å². The molecule has 2 amide bonds. The van der Waals surface area contributed by atoms with Crippen LogP contribution in [-0.2, 0) is 9.59 Å². The molecule has 5 heteroatoms. The number of likely N-dealkylation sites (tertiary alicyclic amines) is 1. The Morgan fingerprint density at radius 3 is 1.81 bits per heavy atom. The molecule has 0 radical (unpaired) electrons. The molecule has 0 spiro atoms. The molecular weight excluding hydrogens is 398 g/mol. The smallest absolute Gasteiger partial charge is 0.225 e. The SMILES string of the molecule is CCCC(=O)N1CCC(C(=O)N2CCN(C(c3ccccc3)c3ccccc3)CC2)CC1. The van der Waals surface area contributed by atoms with Crippen molar-refractivity contribution in [2.24, 2.45) is 5.92 Å². The molecule has 0 unspecified atom stereocenters. The van der Waals surface area contributed by atoms with Crippen LogP contribution in [-0.4, -0.2) is 65.8 Å².